The fraction of sp³-hybridized carbons (Fsp3) is 0.515. The molecular formula is C33H38N4O6. The molecule has 10 heteroatoms. The van der Waals surface area contributed by atoms with Crippen LogP contribution in [0.15, 0.2) is 29.1 Å². The molecule has 2 saturated heterocycles. The molecule has 0 radical (unpaired) electrons. The summed E-state index contributed by atoms with van der Waals surface area (Å²) in [7, 11) is 0. The minimum Gasteiger partial charge on any atom is -0.458 e. The second kappa shape index (κ2) is 10.7. The number of pyridine rings is 2. The molecule has 2 fully saturated rings. The van der Waals surface area contributed by atoms with Gasteiger partial charge in [-0.05, 0) is 81.4 Å². The van der Waals surface area contributed by atoms with Gasteiger partial charge in [0.1, 0.15) is 12.4 Å². The molecule has 0 saturated carbocycles. The molecule has 4 aliphatic rings. The molecule has 0 aliphatic carbocycles. The fourth-order valence-corrected chi connectivity index (χ4v) is 7.46. The molecule has 7 rings (SSSR count). The number of hydrogen-bond donors (Lipinski definition) is 1. The van der Waals surface area contributed by atoms with Gasteiger partial charge in [0.25, 0.3) is 5.56 Å². The lowest BCUT2D eigenvalue weighted by Gasteiger charge is -2.39. The highest BCUT2D eigenvalue weighted by Crippen LogP contribution is 2.40. The highest BCUT2D eigenvalue weighted by atomic mass is 16.6. The largest absolute Gasteiger partial charge is 0.458 e. The van der Waals surface area contributed by atoms with Crippen LogP contribution in [-0.2, 0) is 34.7 Å². The number of aliphatic hydroxyl groups is 1. The van der Waals surface area contributed by atoms with Crippen LogP contribution in [0.25, 0.3) is 22.3 Å². The zero-order valence-corrected chi connectivity index (χ0v) is 24.8. The van der Waals surface area contributed by atoms with Gasteiger partial charge in [0, 0.05) is 35.6 Å². The molecule has 4 aliphatic heterocycles. The van der Waals surface area contributed by atoms with Crippen LogP contribution >= 0.6 is 0 Å². The number of aromatic nitrogens is 2. The molecule has 1 aromatic carbocycles. The van der Waals surface area contributed by atoms with Gasteiger partial charge in [-0.2, -0.15) is 0 Å². The summed E-state index contributed by atoms with van der Waals surface area (Å²) < 4.78 is 20.5. The smallest absolute Gasteiger partial charge is 0.415 e. The number of benzene rings is 1. The second-order valence-electron chi connectivity index (χ2n) is 12.2. The van der Waals surface area contributed by atoms with Gasteiger partial charge in [-0.1, -0.05) is 20.3 Å². The van der Waals surface area contributed by atoms with Gasteiger partial charge in [-0.3, -0.25) is 4.79 Å². The summed E-state index contributed by atoms with van der Waals surface area (Å²) in [4.78, 5) is 48.9. The number of hydrogen-bond acceptors (Lipinski definition) is 8. The Hall–Kier alpha value is -3.76. The number of carbonyl (C=O) groups is 2. The van der Waals surface area contributed by atoms with Crippen molar-refractivity contribution in [3.8, 4) is 17.1 Å². The van der Waals surface area contributed by atoms with E-state index >= 15 is 0 Å². The second-order valence-corrected chi connectivity index (χ2v) is 12.2. The van der Waals surface area contributed by atoms with Crippen LogP contribution in [0.1, 0.15) is 74.6 Å². The lowest BCUT2D eigenvalue weighted by atomic mass is 9.86. The van der Waals surface area contributed by atoms with Gasteiger partial charge in [0.2, 0.25) is 1.43 Å². The molecule has 1 atom stereocenters. The van der Waals surface area contributed by atoms with Gasteiger partial charge < -0.3 is 28.9 Å². The number of amides is 1. The summed E-state index contributed by atoms with van der Waals surface area (Å²) in [6.07, 6.45) is 6.30. The van der Waals surface area contributed by atoms with Crippen molar-refractivity contribution in [3.63, 3.8) is 0 Å². The van der Waals surface area contributed by atoms with E-state index in [4.69, 9.17) is 21.0 Å². The van der Waals surface area contributed by atoms with E-state index in [0.29, 0.717) is 60.4 Å². The number of aryl methyl sites for hydroxylation is 1. The van der Waals surface area contributed by atoms with Crippen LogP contribution < -0.4 is 10.3 Å². The number of ether oxygens (including phenoxy) is 2. The van der Waals surface area contributed by atoms with Crippen LogP contribution in [-0.4, -0.2) is 70.2 Å². The van der Waals surface area contributed by atoms with Gasteiger partial charge in [-0.15, -0.1) is 0 Å². The molecule has 6 heterocycles. The fourth-order valence-electron chi connectivity index (χ4n) is 7.46. The van der Waals surface area contributed by atoms with E-state index < -0.39 is 11.6 Å². The summed E-state index contributed by atoms with van der Waals surface area (Å²) >= 11 is 0. The third-order valence-electron chi connectivity index (χ3n) is 9.93. The summed E-state index contributed by atoms with van der Waals surface area (Å²) in [6.45, 7) is 7.68. The average Bonchev–Trinajstić information content (AvgIpc) is 3.43. The molecular weight excluding hydrogens is 548 g/mol. The Morgan fingerprint density at radius 3 is 2.63 bits per heavy atom. The van der Waals surface area contributed by atoms with E-state index in [2.05, 4.69) is 11.8 Å². The number of likely N-dealkylation sites (tertiary alicyclic amines) is 2. The van der Waals surface area contributed by atoms with Crippen LogP contribution in [0.4, 0.5) is 4.79 Å². The molecule has 0 spiro atoms. The maximum Gasteiger partial charge on any atom is 0.415 e. The lowest BCUT2D eigenvalue weighted by molar-refractivity contribution is -0.172. The van der Waals surface area contributed by atoms with Crippen molar-refractivity contribution >= 4 is 23.0 Å². The van der Waals surface area contributed by atoms with E-state index in [0.717, 1.165) is 34.9 Å². The molecule has 3 aromatic rings. The predicted octanol–water partition coefficient (Wildman–Crippen LogP) is 4.09. The Morgan fingerprint density at radius 2 is 1.91 bits per heavy atom. The van der Waals surface area contributed by atoms with Crippen molar-refractivity contribution in [2.24, 2.45) is 0 Å². The zero-order valence-electron chi connectivity index (χ0n) is 25.8. The highest BCUT2D eigenvalue weighted by molar-refractivity contribution is 5.90. The lowest BCUT2D eigenvalue weighted by Crippen LogP contribution is -2.48. The van der Waals surface area contributed by atoms with Crippen LogP contribution in [0.5, 0.6) is 5.75 Å². The number of rotatable bonds is 5. The average molecular weight is 588 g/mol. The number of nitrogens with zero attached hydrogens (tertiary/aromatic N) is 4. The summed E-state index contributed by atoms with van der Waals surface area (Å²) in [5, 5.41) is 5.84. The molecule has 2 aromatic heterocycles. The van der Waals surface area contributed by atoms with Gasteiger partial charge in [0.15, 0.2) is 5.60 Å². The van der Waals surface area contributed by atoms with Gasteiger partial charge >= 0.3 is 12.1 Å². The topological polar surface area (TPSA) is 114 Å². The SMILES string of the molecule is [2H]OC1(CC)C(=O)OCc2c1cc1n(c2=O)Cc2c-1nc1ccc(OC(=O)N3CCC(N4CCCCC4)CC3)cc1c2CC. The van der Waals surface area contributed by atoms with E-state index in [1.54, 1.807) is 23.6 Å². The molecule has 1 N–H and O–H groups in total. The molecule has 1 unspecified atom stereocenters. The van der Waals surface area contributed by atoms with Crippen molar-refractivity contribution in [1.82, 2.24) is 19.4 Å². The monoisotopic (exact) mass is 587 g/mol. The Labute approximate surface area is 251 Å². The first-order valence-corrected chi connectivity index (χ1v) is 15.6. The summed E-state index contributed by atoms with van der Waals surface area (Å²) in [6, 6.07) is 7.80. The normalized spacial score (nSPS) is 22.5. The van der Waals surface area contributed by atoms with Crippen LogP contribution in [0.3, 0.4) is 0 Å². The quantitative estimate of drug-likeness (QED) is 0.348. The Bertz CT molecular complexity index is 1700. The minimum absolute atomic E-state index is 0.154. The Morgan fingerprint density at radius 1 is 1.12 bits per heavy atom. The number of cyclic esters (lactones) is 1. The first kappa shape index (κ1) is 26.8. The van der Waals surface area contributed by atoms with E-state index in [1.165, 1.54) is 32.4 Å². The Kier molecular flexibility index (Phi) is 6.71. The number of carbonyl (C=O) groups excluding carboxylic acids is 2. The first-order chi connectivity index (χ1) is 21.4. The summed E-state index contributed by atoms with van der Waals surface area (Å²) in [5.74, 6) is -0.199. The van der Waals surface area contributed by atoms with E-state index in [1.807, 2.05) is 17.0 Å². The maximum absolute atomic E-state index is 13.7. The predicted molar refractivity (Wildman–Crippen MR) is 160 cm³/mol. The number of fused-ring (bicyclic) bond motifs is 5. The zero-order chi connectivity index (χ0) is 30.6. The molecule has 1 amide bonds. The van der Waals surface area contributed by atoms with E-state index in [9.17, 15) is 14.4 Å². The standard InChI is InChI=1S/C33H38N4O6/c1-3-22-23-16-21(43-32(40)36-14-10-20(11-15-36)35-12-6-5-7-13-35)8-9-27(23)34-29-24(22)18-37-28(29)17-26-25(30(37)38)19-42-31(39)33(26,41)4-2/h8-9,16-17,20,41H,3-7,10-15,18-19H2,1-2H3/i41D. The van der Waals surface area contributed by atoms with Crippen molar-refractivity contribution in [2.45, 2.75) is 83.6 Å². The molecule has 10 nitrogen and oxygen atoms in total. The minimum atomic E-state index is -1.66. The van der Waals surface area contributed by atoms with Gasteiger partial charge in [-0.25, -0.2) is 14.6 Å². The summed E-state index contributed by atoms with van der Waals surface area (Å²) in [5.41, 5.74) is 2.70. The maximum atomic E-state index is 13.7. The first-order valence-electron chi connectivity index (χ1n) is 16.0. The van der Waals surface area contributed by atoms with E-state index in [-0.39, 0.29) is 24.7 Å². The van der Waals surface area contributed by atoms with Crippen molar-refractivity contribution in [2.75, 3.05) is 26.2 Å². The Balaban J connectivity index is 1.17. The van der Waals surface area contributed by atoms with Crippen molar-refractivity contribution in [1.29, 1.82) is 1.43 Å². The highest BCUT2D eigenvalue weighted by Gasteiger charge is 2.45. The third kappa shape index (κ3) is 4.53. The van der Waals surface area contributed by atoms with Crippen LogP contribution in [0.2, 0.25) is 0 Å². The van der Waals surface area contributed by atoms with Crippen molar-refractivity contribution < 1.29 is 24.2 Å². The molecule has 0 bridgehead atoms. The van der Waals surface area contributed by atoms with Gasteiger partial charge in [0.05, 0.1) is 29.0 Å². The number of esters is 1. The molecule has 43 heavy (non-hydrogen) atoms. The molecule has 226 valence electrons. The van der Waals surface area contributed by atoms with Crippen molar-refractivity contribution in [3.05, 3.63) is 56.9 Å². The van der Waals surface area contributed by atoms with Crippen LogP contribution in [0, 0.1) is 0 Å². The number of piperidine rings is 2. The third-order valence-corrected chi connectivity index (χ3v) is 9.93.